The number of piperidine rings is 1. The van der Waals surface area contributed by atoms with Gasteiger partial charge in [0, 0.05) is 26.2 Å². The second-order valence-corrected chi connectivity index (χ2v) is 16.1. The zero-order valence-electron chi connectivity index (χ0n) is 30.4. The lowest BCUT2D eigenvalue weighted by Gasteiger charge is -2.41. The third-order valence-electron chi connectivity index (χ3n) is 11.3. The highest BCUT2D eigenvalue weighted by Gasteiger charge is 2.44. The molecule has 3 amide bonds. The van der Waals surface area contributed by atoms with Crippen LogP contribution in [0, 0.1) is 11.3 Å². The quantitative estimate of drug-likeness (QED) is 0.375. The number of likely N-dealkylation sites (tertiary alicyclic amines) is 3. The van der Waals surface area contributed by atoms with E-state index in [0.29, 0.717) is 19.5 Å². The van der Waals surface area contributed by atoms with E-state index in [2.05, 4.69) is 35.0 Å². The van der Waals surface area contributed by atoms with E-state index >= 15 is 0 Å². The van der Waals surface area contributed by atoms with Crippen molar-refractivity contribution in [1.82, 2.24) is 24.9 Å². The van der Waals surface area contributed by atoms with Crippen LogP contribution in [-0.4, -0.2) is 114 Å². The molecule has 3 aliphatic heterocycles. The molecule has 1 aromatic rings. The molecule has 10 heteroatoms. The van der Waals surface area contributed by atoms with Gasteiger partial charge in [0.25, 0.3) is 0 Å². The second kappa shape index (κ2) is 15.3. The van der Waals surface area contributed by atoms with Crippen LogP contribution in [0.15, 0.2) is 24.3 Å². The van der Waals surface area contributed by atoms with E-state index in [1.165, 1.54) is 5.56 Å². The van der Waals surface area contributed by atoms with Crippen molar-refractivity contribution in [2.45, 2.75) is 129 Å². The van der Waals surface area contributed by atoms with Crippen LogP contribution in [0.4, 0.5) is 0 Å². The maximum absolute atomic E-state index is 14.2. The molecule has 3 fully saturated rings. The van der Waals surface area contributed by atoms with Gasteiger partial charge in [-0.1, -0.05) is 65.3 Å². The van der Waals surface area contributed by atoms with Gasteiger partial charge < -0.3 is 19.9 Å². The maximum atomic E-state index is 14.2. The average molecular weight is 666 g/mol. The number of rotatable bonds is 10. The Morgan fingerprint density at radius 1 is 0.917 bits per heavy atom. The Labute approximate surface area is 287 Å². The lowest BCUT2D eigenvalue weighted by molar-refractivity contribution is -0.159. The first-order valence-corrected chi connectivity index (χ1v) is 18.4. The number of likely N-dealkylation sites (N-methyl/N-ethyl adjacent to an activating group) is 2. The van der Waals surface area contributed by atoms with Crippen LogP contribution in [0.3, 0.4) is 0 Å². The van der Waals surface area contributed by atoms with E-state index in [1.54, 1.807) is 9.80 Å². The number of hydrogen-bond acceptors (Lipinski definition) is 7. The molecule has 48 heavy (non-hydrogen) atoms. The Kier molecular flexibility index (Phi) is 11.6. The van der Waals surface area contributed by atoms with Crippen molar-refractivity contribution in [2.24, 2.45) is 11.3 Å². The highest BCUT2D eigenvalue weighted by Crippen LogP contribution is 2.35. The van der Waals surface area contributed by atoms with Crippen molar-refractivity contribution in [2.75, 3.05) is 40.3 Å². The number of nitrogens with one attached hydrogen (secondary N) is 1. The fourth-order valence-corrected chi connectivity index (χ4v) is 8.33. The summed E-state index contributed by atoms with van der Waals surface area (Å²) >= 11 is 0. The minimum absolute atomic E-state index is 0.00769. The molecule has 1 aliphatic carbocycles. The monoisotopic (exact) mass is 665 g/mol. The number of nitrogens with zero attached hydrogens (tertiary/aromatic N) is 4. The molecule has 0 spiro atoms. The molecule has 6 atom stereocenters. The maximum Gasteiger partial charge on any atom is 0.329 e. The lowest BCUT2D eigenvalue weighted by Crippen LogP contribution is -2.61. The molecule has 4 unspecified atom stereocenters. The first-order valence-electron chi connectivity index (χ1n) is 18.4. The zero-order valence-corrected chi connectivity index (χ0v) is 30.4. The Morgan fingerprint density at radius 2 is 1.60 bits per heavy atom. The number of ether oxygens (including phenoxy) is 1. The summed E-state index contributed by atoms with van der Waals surface area (Å²) < 4.78 is 6.04. The minimum atomic E-state index is -0.675. The highest BCUT2D eigenvalue weighted by atomic mass is 16.5. The molecule has 3 saturated heterocycles. The van der Waals surface area contributed by atoms with Gasteiger partial charge in [-0.25, -0.2) is 4.79 Å². The van der Waals surface area contributed by atoms with E-state index in [1.807, 2.05) is 53.1 Å². The number of fused-ring (bicyclic) bond motifs is 1. The molecule has 266 valence electrons. The van der Waals surface area contributed by atoms with Crippen molar-refractivity contribution in [3.05, 3.63) is 35.4 Å². The van der Waals surface area contributed by atoms with Crippen molar-refractivity contribution < 1.29 is 23.9 Å². The first kappa shape index (κ1) is 36.3. The largest absolute Gasteiger partial charge is 0.456 e. The van der Waals surface area contributed by atoms with Crippen molar-refractivity contribution >= 4 is 23.7 Å². The van der Waals surface area contributed by atoms with Crippen LogP contribution in [0.2, 0.25) is 0 Å². The average Bonchev–Trinajstić information content (AvgIpc) is 3.81. The number of hydrogen-bond donors (Lipinski definition) is 1. The SMILES string of the molecule is CC(C)[C@@H](CN1CCCC1C(=O)N1CCCC1C(=O)O[C@H]1CCc2ccccc21)N(C)C(=O)C(NC(=O)C1CCCCN1C)C(C)(C)C. The fourth-order valence-electron chi connectivity index (χ4n) is 8.33. The first-order chi connectivity index (χ1) is 22.8. The summed E-state index contributed by atoms with van der Waals surface area (Å²) in [6.45, 7) is 13.0. The highest BCUT2D eigenvalue weighted by molar-refractivity contribution is 5.91. The van der Waals surface area contributed by atoms with Gasteiger partial charge in [-0.2, -0.15) is 0 Å². The van der Waals surface area contributed by atoms with Crippen molar-refractivity contribution in [3.8, 4) is 0 Å². The smallest absolute Gasteiger partial charge is 0.329 e. The molecule has 0 saturated carbocycles. The summed E-state index contributed by atoms with van der Waals surface area (Å²) in [7, 11) is 3.82. The Bertz CT molecular complexity index is 1330. The molecule has 4 aliphatic rings. The van der Waals surface area contributed by atoms with Crippen molar-refractivity contribution in [3.63, 3.8) is 0 Å². The Hall–Kier alpha value is -2.98. The topological polar surface area (TPSA) is 103 Å². The summed E-state index contributed by atoms with van der Waals surface area (Å²) in [6, 6.07) is 6.17. The van der Waals surface area contributed by atoms with Crippen LogP contribution in [-0.2, 0) is 30.3 Å². The Balaban J connectivity index is 1.24. The molecule has 3 heterocycles. The molecule has 1 aromatic carbocycles. The predicted octanol–water partition coefficient (Wildman–Crippen LogP) is 4.17. The summed E-state index contributed by atoms with van der Waals surface area (Å²) in [6.07, 6.45) is 7.33. The van der Waals surface area contributed by atoms with Gasteiger partial charge in [-0.15, -0.1) is 0 Å². The third kappa shape index (κ3) is 7.91. The van der Waals surface area contributed by atoms with Crippen LogP contribution in [0.5, 0.6) is 0 Å². The number of esters is 1. The summed E-state index contributed by atoms with van der Waals surface area (Å²) in [5, 5.41) is 3.15. The third-order valence-corrected chi connectivity index (χ3v) is 11.3. The van der Waals surface area contributed by atoms with Gasteiger partial charge in [0.2, 0.25) is 17.7 Å². The van der Waals surface area contributed by atoms with Gasteiger partial charge in [0.1, 0.15) is 18.2 Å². The number of carbonyl (C=O) groups is 4. The van der Waals surface area contributed by atoms with Crippen molar-refractivity contribution in [1.29, 1.82) is 0 Å². The van der Waals surface area contributed by atoms with Crippen LogP contribution in [0.1, 0.15) is 103 Å². The second-order valence-electron chi connectivity index (χ2n) is 16.1. The summed E-state index contributed by atoms with van der Waals surface area (Å²) in [4.78, 5) is 63.2. The zero-order chi connectivity index (χ0) is 34.7. The standard InChI is InChI=1S/C38H59N5O5/c1-25(2)31(41(7)36(46)33(38(3,4)5)39-34(44)28-16-10-11-21-40(28)6)24-42-22-12-17-29(42)35(45)43-23-13-18-30(43)37(47)48-32-20-19-26-14-8-9-15-27(26)32/h8-9,14-15,25,28-33H,10-13,16-24H2,1-7H3,(H,39,44)/t28?,29?,30?,31-,32+,33?/m1/s1. The molecule has 5 rings (SSSR count). The molecule has 0 bridgehead atoms. The van der Waals surface area contributed by atoms with Crippen LogP contribution in [0.25, 0.3) is 0 Å². The molecule has 0 radical (unpaired) electrons. The number of amides is 3. The van der Waals surface area contributed by atoms with E-state index in [4.69, 9.17) is 4.74 Å². The van der Waals surface area contributed by atoms with Crippen LogP contribution >= 0.6 is 0 Å². The van der Waals surface area contributed by atoms with Gasteiger partial charge in [0.05, 0.1) is 12.1 Å². The Morgan fingerprint density at radius 3 is 2.31 bits per heavy atom. The van der Waals surface area contributed by atoms with E-state index in [-0.39, 0.29) is 53.8 Å². The van der Waals surface area contributed by atoms with E-state index in [0.717, 1.165) is 70.0 Å². The van der Waals surface area contributed by atoms with E-state index in [9.17, 15) is 19.2 Å². The molecule has 10 nitrogen and oxygen atoms in total. The molecule has 1 N–H and O–H groups in total. The minimum Gasteiger partial charge on any atom is -0.456 e. The molecule has 0 aromatic heterocycles. The van der Waals surface area contributed by atoms with Gasteiger partial charge >= 0.3 is 5.97 Å². The number of benzene rings is 1. The lowest BCUT2D eigenvalue weighted by atomic mass is 9.84. The normalized spacial score (nSPS) is 26.3. The van der Waals surface area contributed by atoms with Crippen LogP contribution < -0.4 is 5.32 Å². The molecular weight excluding hydrogens is 606 g/mol. The number of carbonyl (C=O) groups excluding carboxylic acids is 4. The van der Waals surface area contributed by atoms with E-state index < -0.39 is 17.5 Å². The van der Waals surface area contributed by atoms with Gasteiger partial charge in [0.15, 0.2) is 0 Å². The molecular formula is C38H59N5O5. The summed E-state index contributed by atoms with van der Waals surface area (Å²) in [5.41, 5.74) is 1.83. The predicted molar refractivity (Wildman–Crippen MR) is 186 cm³/mol. The number of aryl methyl sites for hydroxylation is 1. The fraction of sp³-hybridized carbons (Fsp3) is 0.737. The van der Waals surface area contributed by atoms with Gasteiger partial charge in [-0.05, 0) is 94.0 Å². The van der Waals surface area contributed by atoms with Gasteiger partial charge in [-0.3, -0.25) is 24.2 Å². The summed E-state index contributed by atoms with van der Waals surface area (Å²) in [5.74, 6) is -0.370.